The molecule has 9 atom stereocenters. The second-order valence-electron chi connectivity index (χ2n) is 18.2. The molecule has 1 aliphatic heterocycles. The SMILES string of the molecule is CC(=O)O[C@@H]1CC[C@@]2(C)[C@H](CC[C@]3(C)[C@@H]2C(=O)C=C2[C@H]4C[C@@](C)(C(=O)OCCN5CCCCC5)CC[C@]4(C)CC[C@@]23C)C1(C)C. The highest BCUT2D eigenvalue weighted by Gasteiger charge is 2.70. The molecule has 0 N–H and O–H groups in total. The van der Waals surface area contributed by atoms with Gasteiger partial charge in [-0.3, -0.25) is 19.3 Å². The number of carbonyl (C=O) groups is 3. The average Bonchev–Trinajstić information content (AvgIpc) is 2.97. The minimum Gasteiger partial charge on any atom is -0.464 e. The van der Waals surface area contributed by atoms with Crippen LogP contribution in [-0.2, 0) is 23.9 Å². The van der Waals surface area contributed by atoms with Gasteiger partial charge in [0.25, 0.3) is 0 Å². The maximum Gasteiger partial charge on any atom is 0.311 e. The standard InChI is InChI=1S/C39H61NO5/c1-26(41)45-31-13-14-37(6)30(34(31,2)3)12-15-39(8)32(37)29(42)24-27-28-25-36(5,17-16-35(28,4)18-19-38(27,39)7)33(43)44-23-22-40-20-10-9-11-21-40/h24,28,30-32H,9-23,25H2,1-8H3/t28-,30-,31-,32-,35-,36+,37+,38+,39-/m1/s1. The van der Waals surface area contributed by atoms with Gasteiger partial charge in [-0.25, -0.2) is 0 Å². The van der Waals surface area contributed by atoms with Crippen LogP contribution < -0.4 is 0 Å². The number of esters is 2. The Bertz CT molecular complexity index is 1250. The van der Waals surface area contributed by atoms with Gasteiger partial charge < -0.3 is 9.47 Å². The summed E-state index contributed by atoms with van der Waals surface area (Å²) in [6.07, 6.45) is 14.4. The number of fused-ring (bicyclic) bond motifs is 7. The number of likely N-dealkylation sites (tertiary alicyclic amines) is 1. The van der Waals surface area contributed by atoms with Gasteiger partial charge in [0.05, 0.1) is 5.41 Å². The third kappa shape index (κ3) is 5.08. The normalized spacial score (nSPS) is 46.0. The van der Waals surface area contributed by atoms with Crippen LogP contribution in [0.4, 0.5) is 0 Å². The molecule has 6 rings (SSSR count). The van der Waals surface area contributed by atoms with E-state index in [2.05, 4.69) is 59.4 Å². The first-order valence-electron chi connectivity index (χ1n) is 18.3. The summed E-state index contributed by atoms with van der Waals surface area (Å²) in [5.41, 5.74) is 0.361. The van der Waals surface area contributed by atoms with Gasteiger partial charge in [-0.05, 0) is 130 Å². The number of ketones is 1. The van der Waals surface area contributed by atoms with Crippen LogP contribution in [0.1, 0.15) is 132 Å². The number of allylic oxidation sites excluding steroid dienone is 2. The van der Waals surface area contributed by atoms with Crippen LogP contribution in [0.5, 0.6) is 0 Å². The van der Waals surface area contributed by atoms with Gasteiger partial charge >= 0.3 is 11.9 Å². The van der Waals surface area contributed by atoms with E-state index in [1.54, 1.807) is 0 Å². The van der Waals surface area contributed by atoms with E-state index in [1.165, 1.54) is 31.8 Å². The Balaban J connectivity index is 1.27. The Labute approximate surface area is 272 Å². The quantitative estimate of drug-likeness (QED) is 0.290. The summed E-state index contributed by atoms with van der Waals surface area (Å²) < 4.78 is 11.9. The molecule has 1 saturated heterocycles. The third-order valence-electron chi connectivity index (χ3n) is 15.4. The Hall–Kier alpha value is -1.69. The Morgan fingerprint density at radius 2 is 1.58 bits per heavy atom. The molecule has 5 aliphatic carbocycles. The lowest BCUT2D eigenvalue weighted by Crippen LogP contribution is -2.66. The molecule has 45 heavy (non-hydrogen) atoms. The zero-order valence-corrected chi connectivity index (χ0v) is 29.7. The fourth-order valence-electron chi connectivity index (χ4n) is 12.4. The van der Waals surface area contributed by atoms with Crippen molar-refractivity contribution >= 4 is 17.7 Å². The van der Waals surface area contributed by atoms with Gasteiger partial charge in [-0.2, -0.15) is 0 Å². The number of nitrogens with zero attached hydrogens (tertiary/aromatic N) is 1. The van der Waals surface area contributed by atoms with Crippen molar-refractivity contribution in [3.63, 3.8) is 0 Å². The molecule has 0 aromatic rings. The van der Waals surface area contributed by atoms with Crippen molar-refractivity contribution in [2.45, 2.75) is 139 Å². The van der Waals surface area contributed by atoms with Crippen LogP contribution in [0.25, 0.3) is 0 Å². The molecule has 0 bridgehead atoms. The summed E-state index contributed by atoms with van der Waals surface area (Å²) in [6.45, 7) is 21.4. The van der Waals surface area contributed by atoms with E-state index >= 15 is 0 Å². The lowest BCUT2D eigenvalue weighted by molar-refractivity contribution is -0.210. The van der Waals surface area contributed by atoms with Gasteiger partial charge in [0.2, 0.25) is 0 Å². The number of rotatable bonds is 5. The second kappa shape index (κ2) is 11.2. The number of carbonyl (C=O) groups excluding carboxylic acids is 3. The maximum absolute atomic E-state index is 14.7. The van der Waals surface area contributed by atoms with Crippen molar-refractivity contribution in [3.05, 3.63) is 11.6 Å². The molecule has 0 aromatic carbocycles. The number of piperidine rings is 1. The van der Waals surface area contributed by atoms with E-state index in [0.717, 1.165) is 77.4 Å². The van der Waals surface area contributed by atoms with Crippen molar-refractivity contribution in [2.24, 2.45) is 50.2 Å². The predicted molar refractivity (Wildman–Crippen MR) is 176 cm³/mol. The number of hydrogen-bond acceptors (Lipinski definition) is 6. The predicted octanol–water partition coefficient (Wildman–Crippen LogP) is 7.93. The molecule has 0 amide bonds. The first kappa shape index (κ1) is 33.2. The van der Waals surface area contributed by atoms with E-state index in [1.807, 2.05) is 0 Å². The minimum absolute atomic E-state index is 0.0412. The highest BCUT2D eigenvalue weighted by atomic mass is 16.5. The zero-order valence-electron chi connectivity index (χ0n) is 29.7. The van der Waals surface area contributed by atoms with E-state index in [-0.39, 0.29) is 57.0 Å². The molecular formula is C39H61NO5. The van der Waals surface area contributed by atoms with Crippen LogP contribution in [0.15, 0.2) is 11.6 Å². The minimum atomic E-state index is -0.519. The molecule has 5 fully saturated rings. The average molecular weight is 624 g/mol. The Morgan fingerprint density at radius 3 is 2.27 bits per heavy atom. The van der Waals surface area contributed by atoms with Gasteiger partial charge in [-0.15, -0.1) is 0 Å². The lowest BCUT2D eigenvalue weighted by Gasteiger charge is -2.70. The topological polar surface area (TPSA) is 72.9 Å². The highest BCUT2D eigenvalue weighted by molar-refractivity contribution is 5.95. The van der Waals surface area contributed by atoms with Crippen LogP contribution in [-0.4, -0.2) is 55.0 Å². The summed E-state index contributed by atoms with van der Waals surface area (Å²) in [6, 6.07) is 0. The molecule has 252 valence electrons. The molecule has 4 saturated carbocycles. The molecule has 0 radical (unpaired) electrons. The maximum atomic E-state index is 14.7. The highest BCUT2D eigenvalue weighted by Crippen LogP contribution is 2.75. The second-order valence-corrected chi connectivity index (χ2v) is 18.2. The van der Waals surface area contributed by atoms with Gasteiger partial charge in [-0.1, -0.05) is 53.5 Å². The Morgan fingerprint density at radius 1 is 0.889 bits per heavy atom. The largest absolute Gasteiger partial charge is 0.464 e. The van der Waals surface area contributed by atoms with Gasteiger partial charge in [0, 0.05) is 24.8 Å². The number of ether oxygens (including phenoxy) is 2. The van der Waals surface area contributed by atoms with Crippen molar-refractivity contribution in [2.75, 3.05) is 26.2 Å². The Kier molecular flexibility index (Phi) is 8.26. The molecular weight excluding hydrogens is 562 g/mol. The van der Waals surface area contributed by atoms with Crippen molar-refractivity contribution < 1.29 is 23.9 Å². The fourth-order valence-corrected chi connectivity index (χ4v) is 12.4. The van der Waals surface area contributed by atoms with Crippen molar-refractivity contribution in [1.29, 1.82) is 0 Å². The fraction of sp³-hybridized carbons (Fsp3) is 0.872. The zero-order chi connectivity index (χ0) is 32.6. The first-order chi connectivity index (χ1) is 21.0. The molecule has 1 heterocycles. The number of hydrogen-bond donors (Lipinski definition) is 0. The van der Waals surface area contributed by atoms with Crippen molar-refractivity contribution in [3.8, 4) is 0 Å². The summed E-state index contributed by atoms with van der Waals surface area (Å²) in [5.74, 6) is 0.541. The molecule has 0 unspecified atom stereocenters. The van der Waals surface area contributed by atoms with E-state index in [4.69, 9.17) is 9.47 Å². The van der Waals surface area contributed by atoms with E-state index in [9.17, 15) is 14.4 Å². The van der Waals surface area contributed by atoms with Crippen molar-refractivity contribution in [1.82, 2.24) is 4.90 Å². The van der Waals surface area contributed by atoms with Crippen LogP contribution in [0, 0.1) is 50.2 Å². The van der Waals surface area contributed by atoms with E-state index in [0.29, 0.717) is 18.3 Å². The molecule has 6 aliphatic rings. The van der Waals surface area contributed by atoms with Crippen LogP contribution >= 0.6 is 0 Å². The molecule has 0 aromatic heterocycles. The van der Waals surface area contributed by atoms with Crippen LogP contribution in [0.3, 0.4) is 0 Å². The molecule has 6 nitrogen and oxygen atoms in total. The summed E-state index contributed by atoms with van der Waals surface area (Å²) in [7, 11) is 0. The van der Waals surface area contributed by atoms with Gasteiger partial charge in [0.15, 0.2) is 5.78 Å². The van der Waals surface area contributed by atoms with E-state index < -0.39 is 5.41 Å². The van der Waals surface area contributed by atoms with Crippen LogP contribution in [0.2, 0.25) is 0 Å². The summed E-state index contributed by atoms with van der Waals surface area (Å²) in [5, 5.41) is 0. The molecule has 0 spiro atoms. The monoisotopic (exact) mass is 623 g/mol. The lowest BCUT2D eigenvalue weighted by atomic mass is 9.33. The summed E-state index contributed by atoms with van der Waals surface area (Å²) >= 11 is 0. The third-order valence-corrected chi connectivity index (χ3v) is 15.4. The summed E-state index contributed by atoms with van der Waals surface area (Å²) in [4.78, 5) is 42.8. The van der Waals surface area contributed by atoms with Gasteiger partial charge in [0.1, 0.15) is 12.7 Å². The first-order valence-corrected chi connectivity index (χ1v) is 18.3. The molecule has 6 heteroatoms. The smallest absolute Gasteiger partial charge is 0.311 e.